The van der Waals surface area contributed by atoms with Crippen LogP contribution in [-0.4, -0.2) is 8.42 Å². The molecule has 112 valence electrons. The zero-order chi connectivity index (χ0) is 15.6. The van der Waals surface area contributed by atoms with E-state index in [1.165, 1.54) is 0 Å². The summed E-state index contributed by atoms with van der Waals surface area (Å²) in [4.78, 5) is 0.335. The number of hydrogen-bond acceptors (Lipinski definition) is 2. The fourth-order valence-electron chi connectivity index (χ4n) is 2.18. The zero-order valence-electron chi connectivity index (χ0n) is 12.2. The molecule has 0 radical (unpaired) electrons. The summed E-state index contributed by atoms with van der Waals surface area (Å²) >= 11 is 3.45. The van der Waals surface area contributed by atoms with Crippen molar-refractivity contribution in [2.24, 2.45) is 0 Å². The third-order valence-electron chi connectivity index (χ3n) is 3.34. The maximum atomic E-state index is 12.6. The van der Waals surface area contributed by atoms with E-state index < -0.39 is 10.0 Å². The molecule has 1 atom stereocenters. The SMILES string of the molecule is Cc1ccc(C)c(S(=O)(=O)NC(C)c2ccccc2Br)c1. The van der Waals surface area contributed by atoms with Gasteiger partial charge in [0, 0.05) is 10.5 Å². The normalized spacial score (nSPS) is 13.1. The van der Waals surface area contributed by atoms with E-state index in [1.54, 1.807) is 13.0 Å². The summed E-state index contributed by atoms with van der Waals surface area (Å²) in [6.45, 7) is 5.52. The number of benzene rings is 2. The molecule has 0 aliphatic carbocycles. The molecule has 5 heteroatoms. The summed E-state index contributed by atoms with van der Waals surface area (Å²) in [5.74, 6) is 0. The van der Waals surface area contributed by atoms with Crippen molar-refractivity contribution in [1.29, 1.82) is 0 Å². The molecule has 2 rings (SSSR count). The van der Waals surface area contributed by atoms with Crippen molar-refractivity contribution in [2.75, 3.05) is 0 Å². The van der Waals surface area contributed by atoms with Crippen molar-refractivity contribution in [3.63, 3.8) is 0 Å². The topological polar surface area (TPSA) is 46.2 Å². The molecule has 0 aliphatic rings. The molecule has 0 aliphatic heterocycles. The highest BCUT2D eigenvalue weighted by atomic mass is 79.9. The van der Waals surface area contributed by atoms with Gasteiger partial charge in [-0.3, -0.25) is 0 Å². The summed E-state index contributed by atoms with van der Waals surface area (Å²) in [6, 6.07) is 12.7. The fraction of sp³-hybridized carbons (Fsp3) is 0.250. The first-order valence-electron chi connectivity index (χ1n) is 6.65. The van der Waals surface area contributed by atoms with Gasteiger partial charge in [-0.1, -0.05) is 46.3 Å². The van der Waals surface area contributed by atoms with Gasteiger partial charge in [0.2, 0.25) is 10.0 Å². The van der Waals surface area contributed by atoms with E-state index in [2.05, 4.69) is 20.7 Å². The molecule has 2 aromatic carbocycles. The van der Waals surface area contributed by atoms with Crippen LogP contribution in [0.3, 0.4) is 0 Å². The lowest BCUT2D eigenvalue weighted by Crippen LogP contribution is -2.27. The summed E-state index contributed by atoms with van der Waals surface area (Å²) in [5, 5.41) is 0. The Morgan fingerprint density at radius 2 is 1.76 bits per heavy atom. The van der Waals surface area contributed by atoms with Crippen LogP contribution in [0.2, 0.25) is 0 Å². The highest BCUT2D eigenvalue weighted by Crippen LogP contribution is 2.25. The van der Waals surface area contributed by atoms with E-state index in [0.29, 0.717) is 4.90 Å². The summed E-state index contributed by atoms with van der Waals surface area (Å²) in [6.07, 6.45) is 0. The monoisotopic (exact) mass is 367 g/mol. The first-order chi connectivity index (χ1) is 9.81. The number of nitrogens with one attached hydrogen (secondary N) is 1. The zero-order valence-corrected chi connectivity index (χ0v) is 14.6. The van der Waals surface area contributed by atoms with Crippen molar-refractivity contribution in [3.05, 3.63) is 63.6 Å². The number of rotatable bonds is 4. The molecule has 0 saturated heterocycles. The number of hydrogen-bond donors (Lipinski definition) is 1. The van der Waals surface area contributed by atoms with E-state index in [0.717, 1.165) is 21.2 Å². The van der Waals surface area contributed by atoms with Gasteiger partial charge < -0.3 is 0 Å². The molecular weight excluding hydrogens is 350 g/mol. The van der Waals surface area contributed by atoms with Crippen LogP contribution < -0.4 is 4.72 Å². The highest BCUT2D eigenvalue weighted by Gasteiger charge is 2.21. The Balaban J connectivity index is 2.34. The van der Waals surface area contributed by atoms with Gasteiger partial charge in [0.15, 0.2) is 0 Å². The molecule has 0 aromatic heterocycles. The van der Waals surface area contributed by atoms with Crippen molar-refractivity contribution in [2.45, 2.75) is 31.7 Å². The highest BCUT2D eigenvalue weighted by molar-refractivity contribution is 9.10. The van der Waals surface area contributed by atoms with Gasteiger partial charge in [0.25, 0.3) is 0 Å². The number of halogens is 1. The molecular formula is C16H18BrNO2S. The maximum absolute atomic E-state index is 12.6. The lowest BCUT2D eigenvalue weighted by Gasteiger charge is -2.17. The van der Waals surface area contributed by atoms with Crippen LogP contribution in [0.25, 0.3) is 0 Å². The molecule has 0 amide bonds. The third-order valence-corrected chi connectivity index (χ3v) is 5.74. The molecule has 2 aromatic rings. The van der Waals surface area contributed by atoms with Gasteiger partial charge in [0.05, 0.1) is 4.90 Å². The molecule has 0 spiro atoms. The predicted molar refractivity (Wildman–Crippen MR) is 88.8 cm³/mol. The van der Waals surface area contributed by atoms with E-state index >= 15 is 0 Å². The van der Waals surface area contributed by atoms with Crippen molar-refractivity contribution >= 4 is 26.0 Å². The quantitative estimate of drug-likeness (QED) is 0.883. The van der Waals surface area contributed by atoms with Gasteiger partial charge in [-0.05, 0) is 49.6 Å². The Labute approximate surface area is 134 Å². The summed E-state index contributed by atoms with van der Waals surface area (Å²) < 4.78 is 28.8. The molecule has 3 nitrogen and oxygen atoms in total. The van der Waals surface area contributed by atoms with E-state index in [1.807, 2.05) is 50.2 Å². The molecule has 0 bridgehead atoms. The Kier molecular flexibility index (Phi) is 4.86. The minimum atomic E-state index is -3.55. The average molecular weight is 368 g/mol. The van der Waals surface area contributed by atoms with Crippen LogP contribution in [0.15, 0.2) is 51.8 Å². The first-order valence-corrected chi connectivity index (χ1v) is 8.93. The summed E-state index contributed by atoms with van der Waals surface area (Å²) in [5.41, 5.74) is 2.58. The van der Waals surface area contributed by atoms with Crippen molar-refractivity contribution < 1.29 is 8.42 Å². The van der Waals surface area contributed by atoms with Gasteiger partial charge in [-0.15, -0.1) is 0 Å². The predicted octanol–water partition coefficient (Wildman–Crippen LogP) is 4.11. The summed E-state index contributed by atoms with van der Waals surface area (Å²) in [7, 11) is -3.55. The molecule has 1 N–H and O–H groups in total. The molecule has 21 heavy (non-hydrogen) atoms. The van der Waals surface area contributed by atoms with Gasteiger partial charge in [0.1, 0.15) is 0 Å². The van der Waals surface area contributed by atoms with E-state index in [-0.39, 0.29) is 6.04 Å². The van der Waals surface area contributed by atoms with Crippen LogP contribution in [0.4, 0.5) is 0 Å². The van der Waals surface area contributed by atoms with Gasteiger partial charge in [-0.2, -0.15) is 0 Å². The third kappa shape index (κ3) is 3.73. The van der Waals surface area contributed by atoms with Gasteiger partial charge >= 0.3 is 0 Å². The first kappa shape index (κ1) is 16.2. The lowest BCUT2D eigenvalue weighted by molar-refractivity contribution is 0.566. The molecule has 1 unspecified atom stereocenters. The Morgan fingerprint density at radius 1 is 1.10 bits per heavy atom. The smallest absolute Gasteiger partial charge is 0.207 e. The lowest BCUT2D eigenvalue weighted by atomic mass is 10.1. The Morgan fingerprint density at radius 3 is 2.43 bits per heavy atom. The van der Waals surface area contributed by atoms with Crippen LogP contribution in [0, 0.1) is 13.8 Å². The minimum Gasteiger partial charge on any atom is -0.207 e. The molecule has 0 fully saturated rings. The van der Waals surface area contributed by atoms with E-state index in [4.69, 9.17) is 0 Å². The van der Waals surface area contributed by atoms with E-state index in [9.17, 15) is 8.42 Å². The number of sulfonamides is 1. The number of aryl methyl sites for hydroxylation is 2. The van der Waals surface area contributed by atoms with Crippen LogP contribution in [0.1, 0.15) is 29.7 Å². The fourth-order valence-corrected chi connectivity index (χ4v) is 4.36. The van der Waals surface area contributed by atoms with Crippen molar-refractivity contribution in [1.82, 2.24) is 4.72 Å². The van der Waals surface area contributed by atoms with Crippen LogP contribution in [-0.2, 0) is 10.0 Å². The maximum Gasteiger partial charge on any atom is 0.241 e. The average Bonchev–Trinajstić information content (AvgIpc) is 2.41. The second-order valence-electron chi connectivity index (χ2n) is 5.13. The van der Waals surface area contributed by atoms with Gasteiger partial charge in [-0.25, -0.2) is 13.1 Å². The second kappa shape index (κ2) is 6.30. The Hall–Kier alpha value is -1.17. The second-order valence-corrected chi connectivity index (χ2v) is 7.67. The minimum absolute atomic E-state index is 0.314. The van der Waals surface area contributed by atoms with Crippen LogP contribution in [0.5, 0.6) is 0 Å². The molecule has 0 heterocycles. The largest absolute Gasteiger partial charge is 0.241 e. The standard InChI is InChI=1S/C16H18BrNO2S/c1-11-8-9-12(2)16(10-11)21(19,20)18-13(3)14-6-4-5-7-15(14)17/h4-10,13,18H,1-3H3. The Bertz CT molecular complexity index is 757. The van der Waals surface area contributed by atoms with Crippen molar-refractivity contribution in [3.8, 4) is 0 Å². The van der Waals surface area contributed by atoms with Crippen LogP contribution >= 0.6 is 15.9 Å². The molecule has 0 saturated carbocycles.